The molecule has 0 aliphatic rings. The van der Waals surface area contributed by atoms with Crippen molar-refractivity contribution in [3.8, 4) is 0 Å². The average Bonchev–Trinajstić information content (AvgIpc) is 1.89. The van der Waals surface area contributed by atoms with Crippen molar-refractivity contribution in [2.45, 2.75) is 32.6 Å². The molecular formula is C7H15NO. The second kappa shape index (κ2) is 7.47. The lowest BCUT2D eigenvalue weighted by Gasteiger charge is -1.96. The fourth-order valence-corrected chi connectivity index (χ4v) is 0.658. The predicted molar refractivity (Wildman–Crippen MR) is 39.6 cm³/mol. The lowest BCUT2D eigenvalue weighted by atomic mass is 10.2. The minimum Gasteiger partial charge on any atom is -0.396 e. The third kappa shape index (κ3) is 7.47. The van der Waals surface area contributed by atoms with Crippen LogP contribution in [0.3, 0.4) is 0 Å². The third-order valence-corrected chi connectivity index (χ3v) is 1.18. The van der Waals surface area contributed by atoms with Gasteiger partial charge in [-0.2, -0.15) is 0 Å². The van der Waals surface area contributed by atoms with Crippen LogP contribution in [0.15, 0.2) is 5.16 Å². The zero-order valence-corrected chi connectivity index (χ0v) is 6.10. The molecule has 54 valence electrons. The molecule has 0 fully saturated rings. The van der Waals surface area contributed by atoms with E-state index < -0.39 is 0 Å². The third-order valence-electron chi connectivity index (χ3n) is 1.18. The van der Waals surface area contributed by atoms with E-state index in [4.69, 9.17) is 4.84 Å². The Hall–Kier alpha value is -0.530. The van der Waals surface area contributed by atoms with Crippen molar-refractivity contribution in [2.75, 3.05) is 6.61 Å². The molecule has 0 radical (unpaired) electrons. The van der Waals surface area contributed by atoms with E-state index in [-0.39, 0.29) is 0 Å². The normalized spacial score (nSPS) is 9.00. The van der Waals surface area contributed by atoms with Crippen LogP contribution >= 0.6 is 0 Å². The first kappa shape index (κ1) is 8.47. The van der Waals surface area contributed by atoms with E-state index >= 15 is 0 Å². The van der Waals surface area contributed by atoms with Gasteiger partial charge in [0, 0.05) is 6.72 Å². The van der Waals surface area contributed by atoms with Crippen LogP contribution in [0.5, 0.6) is 0 Å². The zero-order valence-electron chi connectivity index (χ0n) is 6.10. The van der Waals surface area contributed by atoms with E-state index in [0.717, 1.165) is 13.0 Å². The summed E-state index contributed by atoms with van der Waals surface area (Å²) in [5.74, 6) is 0. The van der Waals surface area contributed by atoms with Crippen LogP contribution < -0.4 is 0 Å². The Morgan fingerprint density at radius 3 is 2.67 bits per heavy atom. The SMILES string of the molecule is C=NOCCCCCC. The Kier molecular flexibility index (Phi) is 7.03. The molecule has 0 bridgehead atoms. The smallest absolute Gasteiger partial charge is 0.117 e. The molecule has 0 atom stereocenters. The summed E-state index contributed by atoms with van der Waals surface area (Å²) >= 11 is 0. The molecule has 0 unspecified atom stereocenters. The Morgan fingerprint density at radius 2 is 2.11 bits per heavy atom. The zero-order chi connectivity index (χ0) is 6.95. The first-order valence-electron chi connectivity index (χ1n) is 3.49. The summed E-state index contributed by atoms with van der Waals surface area (Å²) in [5, 5.41) is 3.28. The standard InChI is InChI=1S/C7H15NO/c1-3-4-5-6-7-9-8-2/h2-7H2,1H3. The molecule has 0 aromatic heterocycles. The van der Waals surface area contributed by atoms with Crippen molar-refractivity contribution in [2.24, 2.45) is 5.16 Å². The molecule has 0 aliphatic carbocycles. The van der Waals surface area contributed by atoms with Crippen LogP contribution in [0, 0.1) is 0 Å². The van der Waals surface area contributed by atoms with E-state index in [2.05, 4.69) is 18.8 Å². The molecule has 0 rings (SSSR count). The second-order valence-corrected chi connectivity index (χ2v) is 2.02. The summed E-state index contributed by atoms with van der Waals surface area (Å²) < 4.78 is 0. The van der Waals surface area contributed by atoms with Crippen LogP contribution in [0.1, 0.15) is 32.6 Å². The van der Waals surface area contributed by atoms with E-state index in [1.807, 2.05) is 0 Å². The van der Waals surface area contributed by atoms with Gasteiger partial charge in [0.05, 0.1) is 0 Å². The lowest BCUT2D eigenvalue weighted by Crippen LogP contribution is -1.86. The van der Waals surface area contributed by atoms with Gasteiger partial charge in [-0.05, 0) is 12.8 Å². The molecule has 0 aliphatic heterocycles. The molecule has 0 heterocycles. The maximum atomic E-state index is 4.69. The summed E-state index contributed by atoms with van der Waals surface area (Å²) in [6.07, 6.45) is 4.90. The fourth-order valence-electron chi connectivity index (χ4n) is 0.658. The quantitative estimate of drug-likeness (QED) is 0.306. The lowest BCUT2D eigenvalue weighted by molar-refractivity contribution is 0.142. The first-order chi connectivity index (χ1) is 4.41. The van der Waals surface area contributed by atoms with Gasteiger partial charge < -0.3 is 4.84 Å². The van der Waals surface area contributed by atoms with Crippen LogP contribution in [0.2, 0.25) is 0 Å². The summed E-state index contributed by atoms with van der Waals surface area (Å²) in [6, 6.07) is 0. The molecule has 2 heteroatoms. The van der Waals surface area contributed by atoms with Gasteiger partial charge in [0.1, 0.15) is 6.61 Å². The number of oxime groups is 1. The Balaban J connectivity index is 2.66. The molecule has 0 spiro atoms. The molecule has 0 aromatic rings. The highest BCUT2D eigenvalue weighted by Crippen LogP contribution is 1.98. The number of nitrogens with zero attached hydrogens (tertiary/aromatic N) is 1. The molecule has 0 aromatic carbocycles. The van der Waals surface area contributed by atoms with Crippen molar-refractivity contribution in [1.82, 2.24) is 0 Å². The summed E-state index contributed by atoms with van der Waals surface area (Å²) in [6.45, 7) is 6.12. The summed E-state index contributed by atoms with van der Waals surface area (Å²) in [7, 11) is 0. The number of hydrogen-bond acceptors (Lipinski definition) is 2. The van der Waals surface area contributed by atoms with Crippen molar-refractivity contribution in [3.05, 3.63) is 0 Å². The predicted octanol–water partition coefficient (Wildman–Crippen LogP) is 2.20. The largest absolute Gasteiger partial charge is 0.396 e. The first-order valence-corrected chi connectivity index (χ1v) is 3.49. The summed E-state index contributed by atoms with van der Waals surface area (Å²) in [5.41, 5.74) is 0. The van der Waals surface area contributed by atoms with E-state index in [9.17, 15) is 0 Å². The molecule has 2 nitrogen and oxygen atoms in total. The molecule has 9 heavy (non-hydrogen) atoms. The van der Waals surface area contributed by atoms with Crippen LogP contribution in [0.25, 0.3) is 0 Å². The van der Waals surface area contributed by atoms with Crippen LogP contribution in [-0.2, 0) is 4.84 Å². The minimum absolute atomic E-state index is 0.726. The van der Waals surface area contributed by atoms with Gasteiger partial charge in [-0.3, -0.25) is 0 Å². The maximum absolute atomic E-state index is 4.69. The van der Waals surface area contributed by atoms with Crippen molar-refractivity contribution in [3.63, 3.8) is 0 Å². The molecule has 0 N–H and O–H groups in total. The van der Waals surface area contributed by atoms with Gasteiger partial charge in [0.2, 0.25) is 0 Å². The Morgan fingerprint density at radius 1 is 1.33 bits per heavy atom. The van der Waals surface area contributed by atoms with E-state index in [1.54, 1.807) is 0 Å². The van der Waals surface area contributed by atoms with Crippen molar-refractivity contribution in [1.29, 1.82) is 0 Å². The number of rotatable bonds is 6. The highest BCUT2D eigenvalue weighted by molar-refractivity contribution is 5.21. The van der Waals surface area contributed by atoms with Crippen LogP contribution in [-0.4, -0.2) is 13.3 Å². The second-order valence-electron chi connectivity index (χ2n) is 2.02. The minimum atomic E-state index is 0.726. The van der Waals surface area contributed by atoms with E-state index in [0.29, 0.717) is 0 Å². The number of unbranched alkanes of at least 4 members (excludes halogenated alkanes) is 3. The highest BCUT2D eigenvalue weighted by atomic mass is 16.6. The topological polar surface area (TPSA) is 21.6 Å². The van der Waals surface area contributed by atoms with Gasteiger partial charge in [-0.1, -0.05) is 19.8 Å². The monoisotopic (exact) mass is 129 g/mol. The highest BCUT2D eigenvalue weighted by Gasteiger charge is 1.85. The fraction of sp³-hybridized carbons (Fsp3) is 0.857. The molecular weight excluding hydrogens is 114 g/mol. The maximum Gasteiger partial charge on any atom is 0.117 e. The Labute approximate surface area is 56.9 Å². The number of hydrogen-bond donors (Lipinski definition) is 0. The van der Waals surface area contributed by atoms with Gasteiger partial charge in [0.15, 0.2) is 0 Å². The van der Waals surface area contributed by atoms with Gasteiger partial charge in [-0.15, -0.1) is 5.16 Å². The van der Waals surface area contributed by atoms with Crippen LogP contribution in [0.4, 0.5) is 0 Å². The van der Waals surface area contributed by atoms with Crippen molar-refractivity contribution < 1.29 is 4.84 Å². The molecule has 0 saturated carbocycles. The Bertz CT molecular complexity index is 63.9. The van der Waals surface area contributed by atoms with Gasteiger partial charge >= 0.3 is 0 Å². The van der Waals surface area contributed by atoms with Gasteiger partial charge in [0.25, 0.3) is 0 Å². The van der Waals surface area contributed by atoms with Gasteiger partial charge in [-0.25, -0.2) is 0 Å². The molecule has 0 amide bonds. The molecule has 0 saturated heterocycles. The summed E-state index contributed by atoms with van der Waals surface area (Å²) in [4.78, 5) is 4.69. The van der Waals surface area contributed by atoms with E-state index in [1.165, 1.54) is 19.3 Å². The van der Waals surface area contributed by atoms with Crippen molar-refractivity contribution >= 4 is 6.72 Å². The average molecular weight is 129 g/mol.